The van der Waals surface area contributed by atoms with E-state index < -0.39 is 5.97 Å². The summed E-state index contributed by atoms with van der Waals surface area (Å²) >= 11 is 0. The molecule has 1 aromatic carbocycles. The molecule has 1 fully saturated rings. The van der Waals surface area contributed by atoms with Crippen molar-refractivity contribution in [2.75, 3.05) is 19.8 Å². The number of esters is 1. The first-order valence-electron chi connectivity index (χ1n) is 6.77. The lowest BCUT2D eigenvalue weighted by molar-refractivity contribution is -0.124. The highest BCUT2D eigenvalue weighted by Gasteiger charge is 2.16. The zero-order valence-electron chi connectivity index (χ0n) is 11.6. The Labute approximate surface area is 118 Å². The van der Waals surface area contributed by atoms with E-state index in [0.29, 0.717) is 12.1 Å². The Balaban J connectivity index is 1.69. The lowest BCUT2D eigenvalue weighted by atomic mass is 10.1. The molecule has 5 heteroatoms. The molecular formula is C15H19NO4. The van der Waals surface area contributed by atoms with Crippen LogP contribution in [0, 0.1) is 6.92 Å². The Morgan fingerprint density at radius 1 is 1.35 bits per heavy atom. The number of nitrogens with one attached hydrogen (secondary N) is 1. The number of ether oxygens (including phenoxy) is 2. The molecule has 1 aromatic rings. The van der Waals surface area contributed by atoms with Gasteiger partial charge in [-0.3, -0.25) is 4.79 Å². The molecule has 108 valence electrons. The number of hydrogen-bond acceptors (Lipinski definition) is 4. The number of amides is 1. The van der Waals surface area contributed by atoms with Crippen LogP contribution in [0.3, 0.4) is 0 Å². The van der Waals surface area contributed by atoms with Crippen LogP contribution in [0.1, 0.15) is 28.8 Å². The third kappa shape index (κ3) is 4.35. The quantitative estimate of drug-likeness (QED) is 0.827. The molecule has 0 bridgehead atoms. The van der Waals surface area contributed by atoms with Crippen molar-refractivity contribution in [1.82, 2.24) is 5.32 Å². The van der Waals surface area contributed by atoms with Gasteiger partial charge in [-0.25, -0.2) is 4.79 Å². The summed E-state index contributed by atoms with van der Waals surface area (Å²) in [5, 5.41) is 2.70. The Bertz CT molecular complexity index is 463. The first kappa shape index (κ1) is 14.5. The number of benzene rings is 1. The molecule has 0 radical (unpaired) electrons. The van der Waals surface area contributed by atoms with Crippen molar-refractivity contribution in [3.05, 3.63) is 35.4 Å². The topological polar surface area (TPSA) is 64.6 Å². The average molecular weight is 277 g/mol. The van der Waals surface area contributed by atoms with Gasteiger partial charge in [0.1, 0.15) is 0 Å². The number of rotatable bonds is 5. The van der Waals surface area contributed by atoms with Gasteiger partial charge in [0.2, 0.25) is 0 Å². The maximum atomic E-state index is 11.7. The third-order valence-corrected chi connectivity index (χ3v) is 3.17. The van der Waals surface area contributed by atoms with Gasteiger partial charge >= 0.3 is 5.97 Å². The summed E-state index contributed by atoms with van der Waals surface area (Å²) in [6.45, 7) is 2.90. The molecule has 2 rings (SSSR count). The van der Waals surface area contributed by atoms with Crippen LogP contribution in [-0.4, -0.2) is 37.7 Å². The summed E-state index contributed by atoms with van der Waals surface area (Å²) in [4.78, 5) is 23.2. The van der Waals surface area contributed by atoms with Crippen molar-refractivity contribution >= 4 is 11.9 Å². The van der Waals surface area contributed by atoms with Gasteiger partial charge < -0.3 is 14.8 Å². The van der Waals surface area contributed by atoms with Crippen LogP contribution in [0.25, 0.3) is 0 Å². The highest BCUT2D eigenvalue weighted by atomic mass is 16.5. The van der Waals surface area contributed by atoms with E-state index in [0.717, 1.165) is 25.0 Å². The summed E-state index contributed by atoms with van der Waals surface area (Å²) < 4.78 is 10.3. The van der Waals surface area contributed by atoms with Crippen LogP contribution in [-0.2, 0) is 14.3 Å². The summed E-state index contributed by atoms with van der Waals surface area (Å²) in [6.07, 6.45) is 2.08. The lowest BCUT2D eigenvalue weighted by Gasteiger charge is -2.11. The van der Waals surface area contributed by atoms with E-state index in [2.05, 4.69) is 5.32 Å². The van der Waals surface area contributed by atoms with Crippen LogP contribution in [0.4, 0.5) is 0 Å². The summed E-state index contributed by atoms with van der Waals surface area (Å²) in [6, 6.07) is 7.02. The fourth-order valence-electron chi connectivity index (χ4n) is 1.99. The van der Waals surface area contributed by atoms with Gasteiger partial charge in [-0.1, -0.05) is 17.7 Å². The molecule has 0 aliphatic carbocycles. The molecule has 20 heavy (non-hydrogen) atoms. The van der Waals surface area contributed by atoms with Crippen molar-refractivity contribution in [3.8, 4) is 0 Å². The third-order valence-electron chi connectivity index (χ3n) is 3.17. The van der Waals surface area contributed by atoms with E-state index in [1.54, 1.807) is 12.1 Å². The van der Waals surface area contributed by atoms with Gasteiger partial charge in [0.25, 0.3) is 5.91 Å². The molecule has 5 nitrogen and oxygen atoms in total. The number of carbonyl (C=O) groups is 2. The first-order valence-corrected chi connectivity index (χ1v) is 6.77. The molecule has 1 N–H and O–H groups in total. The minimum atomic E-state index is -0.489. The van der Waals surface area contributed by atoms with Crippen LogP contribution >= 0.6 is 0 Å². The van der Waals surface area contributed by atoms with Crippen molar-refractivity contribution in [1.29, 1.82) is 0 Å². The van der Waals surface area contributed by atoms with Gasteiger partial charge in [-0.15, -0.1) is 0 Å². The van der Waals surface area contributed by atoms with Gasteiger partial charge in [0, 0.05) is 13.2 Å². The Morgan fingerprint density at radius 2 is 2.10 bits per heavy atom. The zero-order valence-corrected chi connectivity index (χ0v) is 11.6. The minimum Gasteiger partial charge on any atom is -0.452 e. The van der Waals surface area contributed by atoms with E-state index in [9.17, 15) is 9.59 Å². The fourth-order valence-corrected chi connectivity index (χ4v) is 1.99. The van der Waals surface area contributed by atoms with Crippen LogP contribution in [0.5, 0.6) is 0 Å². The van der Waals surface area contributed by atoms with Crippen molar-refractivity contribution in [3.63, 3.8) is 0 Å². The molecule has 1 atom stereocenters. The first-order chi connectivity index (χ1) is 9.65. The molecule has 0 unspecified atom stereocenters. The van der Waals surface area contributed by atoms with Crippen molar-refractivity contribution in [2.45, 2.75) is 25.9 Å². The lowest BCUT2D eigenvalue weighted by Crippen LogP contribution is -2.34. The monoisotopic (exact) mass is 277 g/mol. The smallest absolute Gasteiger partial charge is 0.338 e. The molecule has 1 aliphatic heterocycles. The molecule has 1 saturated heterocycles. The fraction of sp³-hybridized carbons (Fsp3) is 0.467. The summed E-state index contributed by atoms with van der Waals surface area (Å²) in [5.41, 5.74) is 1.51. The van der Waals surface area contributed by atoms with Gasteiger partial charge in [-0.05, 0) is 31.9 Å². The standard InChI is InChI=1S/C15H19NO4/c1-11-4-6-12(7-5-11)15(18)20-10-14(17)16-9-13-3-2-8-19-13/h4-7,13H,2-3,8-10H2,1H3,(H,16,17)/t13-/m1/s1. The number of hydrogen-bond donors (Lipinski definition) is 1. The van der Waals surface area contributed by atoms with Crippen molar-refractivity contribution < 1.29 is 19.1 Å². The Kier molecular flexibility index (Phi) is 5.12. The Hall–Kier alpha value is -1.88. The molecular weight excluding hydrogens is 258 g/mol. The maximum Gasteiger partial charge on any atom is 0.338 e. The van der Waals surface area contributed by atoms with Crippen molar-refractivity contribution in [2.24, 2.45) is 0 Å². The molecule has 0 saturated carbocycles. The predicted octanol–water partition coefficient (Wildman–Crippen LogP) is 1.45. The van der Waals surface area contributed by atoms with E-state index in [4.69, 9.17) is 9.47 Å². The van der Waals surface area contributed by atoms with E-state index in [1.165, 1.54) is 0 Å². The highest BCUT2D eigenvalue weighted by molar-refractivity contribution is 5.91. The largest absolute Gasteiger partial charge is 0.452 e. The molecule has 0 aromatic heterocycles. The summed E-state index contributed by atoms with van der Waals surface area (Å²) in [5.74, 6) is -0.793. The zero-order chi connectivity index (χ0) is 14.4. The normalized spacial score (nSPS) is 17.8. The van der Waals surface area contributed by atoms with E-state index in [1.807, 2.05) is 19.1 Å². The van der Waals surface area contributed by atoms with E-state index >= 15 is 0 Å². The molecule has 1 aliphatic rings. The molecule has 1 heterocycles. The van der Waals surface area contributed by atoms with Crippen LogP contribution in [0.2, 0.25) is 0 Å². The highest BCUT2D eigenvalue weighted by Crippen LogP contribution is 2.10. The second-order valence-corrected chi connectivity index (χ2v) is 4.88. The van der Waals surface area contributed by atoms with Gasteiger partial charge in [0.15, 0.2) is 6.61 Å². The van der Waals surface area contributed by atoms with Crippen LogP contribution < -0.4 is 5.32 Å². The number of carbonyl (C=O) groups excluding carboxylic acids is 2. The minimum absolute atomic E-state index is 0.0896. The Morgan fingerprint density at radius 3 is 2.75 bits per heavy atom. The van der Waals surface area contributed by atoms with Crippen LogP contribution in [0.15, 0.2) is 24.3 Å². The van der Waals surface area contributed by atoms with Gasteiger partial charge in [0.05, 0.1) is 11.7 Å². The average Bonchev–Trinajstić information content (AvgIpc) is 2.96. The molecule has 0 spiro atoms. The molecule has 1 amide bonds. The number of aryl methyl sites for hydroxylation is 1. The predicted molar refractivity (Wildman–Crippen MR) is 73.4 cm³/mol. The van der Waals surface area contributed by atoms with E-state index in [-0.39, 0.29) is 18.6 Å². The maximum absolute atomic E-state index is 11.7. The second-order valence-electron chi connectivity index (χ2n) is 4.88. The SMILES string of the molecule is Cc1ccc(C(=O)OCC(=O)NC[C@H]2CCCO2)cc1. The second kappa shape index (κ2) is 7.05. The summed E-state index contributed by atoms with van der Waals surface area (Å²) in [7, 11) is 0. The van der Waals surface area contributed by atoms with Gasteiger partial charge in [-0.2, -0.15) is 0 Å².